The molecule has 0 bridgehead atoms. The summed E-state index contributed by atoms with van der Waals surface area (Å²) in [5.74, 6) is -0.336. The van der Waals surface area contributed by atoms with E-state index >= 15 is 0 Å². The summed E-state index contributed by atoms with van der Waals surface area (Å²) in [6.07, 6.45) is 0.765. The van der Waals surface area contributed by atoms with Crippen molar-refractivity contribution in [2.24, 2.45) is 0 Å². The lowest BCUT2D eigenvalue weighted by Crippen LogP contribution is -2.21. The number of hydrogen-bond acceptors (Lipinski definition) is 4. The minimum atomic E-state index is -1.17. The molecule has 0 atom stereocenters. The van der Waals surface area contributed by atoms with Gasteiger partial charge in [0.25, 0.3) is 0 Å². The summed E-state index contributed by atoms with van der Waals surface area (Å²) in [4.78, 5) is 11.0. The number of hydrogen-bond donors (Lipinski definition) is 0. The van der Waals surface area contributed by atoms with Gasteiger partial charge in [-0.05, 0) is 26.3 Å². The minimum Gasteiger partial charge on any atom is -0.462 e. The van der Waals surface area contributed by atoms with Crippen LogP contribution in [0.4, 0.5) is 0 Å². The SMILES string of the molecule is C=C(C)C(=O)OCCC[Si](OC)OCC. The van der Waals surface area contributed by atoms with E-state index < -0.39 is 9.28 Å². The largest absolute Gasteiger partial charge is 0.462 e. The van der Waals surface area contributed by atoms with Gasteiger partial charge in [0.05, 0.1) is 6.61 Å². The van der Waals surface area contributed by atoms with Crippen LogP contribution in [0.1, 0.15) is 20.3 Å². The van der Waals surface area contributed by atoms with Crippen molar-refractivity contribution < 1.29 is 18.4 Å². The van der Waals surface area contributed by atoms with E-state index in [9.17, 15) is 4.79 Å². The molecule has 0 amide bonds. The van der Waals surface area contributed by atoms with Crippen molar-refractivity contribution in [2.75, 3.05) is 20.3 Å². The van der Waals surface area contributed by atoms with Crippen molar-refractivity contribution in [3.63, 3.8) is 0 Å². The summed E-state index contributed by atoms with van der Waals surface area (Å²) in [6.45, 7) is 8.12. The molecule has 5 heteroatoms. The topological polar surface area (TPSA) is 44.8 Å². The zero-order chi connectivity index (χ0) is 11.7. The van der Waals surface area contributed by atoms with E-state index in [-0.39, 0.29) is 5.97 Å². The van der Waals surface area contributed by atoms with Gasteiger partial charge in [-0.3, -0.25) is 0 Å². The van der Waals surface area contributed by atoms with Crippen molar-refractivity contribution in [1.29, 1.82) is 0 Å². The van der Waals surface area contributed by atoms with E-state index in [0.29, 0.717) is 18.8 Å². The molecule has 87 valence electrons. The average molecular weight is 231 g/mol. The fourth-order valence-electron chi connectivity index (χ4n) is 0.899. The molecule has 0 heterocycles. The molecule has 0 fully saturated rings. The molecule has 1 radical (unpaired) electrons. The van der Waals surface area contributed by atoms with Crippen LogP contribution in [-0.2, 0) is 18.4 Å². The van der Waals surface area contributed by atoms with Crippen molar-refractivity contribution in [2.45, 2.75) is 26.3 Å². The first-order chi connectivity index (χ1) is 7.11. The average Bonchev–Trinajstić information content (AvgIpc) is 2.22. The third-order valence-electron chi connectivity index (χ3n) is 1.64. The molecule has 0 aliphatic heterocycles. The zero-order valence-corrected chi connectivity index (χ0v) is 10.7. The van der Waals surface area contributed by atoms with Gasteiger partial charge in [0.15, 0.2) is 0 Å². The Kier molecular flexibility index (Phi) is 8.26. The van der Waals surface area contributed by atoms with Crippen LogP contribution in [-0.4, -0.2) is 35.6 Å². The van der Waals surface area contributed by atoms with E-state index in [1.54, 1.807) is 14.0 Å². The summed E-state index contributed by atoms with van der Waals surface area (Å²) in [7, 11) is 0.476. The first kappa shape index (κ1) is 14.3. The van der Waals surface area contributed by atoms with Gasteiger partial charge in [0, 0.05) is 19.3 Å². The zero-order valence-electron chi connectivity index (χ0n) is 9.67. The number of ether oxygens (including phenoxy) is 1. The van der Waals surface area contributed by atoms with Gasteiger partial charge in [-0.25, -0.2) is 4.79 Å². The number of carbonyl (C=O) groups is 1. The highest BCUT2D eigenvalue weighted by Gasteiger charge is 2.13. The van der Waals surface area contributed by atoms with Crippen molar-refractivity contribution in [3.05, 3.63) is 12.2 Å². The number of carbonyl (C=O) groups excluding carboxylic acids is 1. The van der Waals surface area contributed by atoms with Crippen LogP contribution in [0.2, 0.25) is 6.04 Å². The molecular weight excluding hydrogens is 212 g/mol. The second-order valence-corrected chi connectivity index (χ2v) is 4.97. The molecule has 4 nitrogen and oxygen atoms in total. The molecule has 0 aliphatic rings. The van der Waals surface area contributed by atoms with E-state index in [1.807, 2.05) is 6.92 Å². The fraction of sp³-hybridized carbons (Fsp3) is 0.700. The summed E-state index contributed by atoms with van der Waals surface area (Å²) in [5, 5.41) is 0. The molecule has 0 rings (SSSR count). The van der Waals surface area contributed by atoms with Gasteiger partial charge < -0.3 is 13.6 Å². The van der Waals surface area contributed by atoms with Crippen molar-refractivity contribution >= 4 is 15.3 Å². The summed E-state index contributed by atoms with van der Waals surface area (Å²) >= 11 is 0. The normalized spacial score (nSPS) is 10.4. The number of rotatable bonds is 8. The number of esters is 1. The smallest absolute Gasteiger partial charge is 0.384 e. The van der Waals surface area contributed by atoms with Gasteiger partial charge in [-0.2, -0.15) is 0 Å². The van der Waals surface area contributed by atoms with Crippen LogP contribution in [0, 0.1) is 0 Å². The summed E-state index contributed by atoms with van der Waals surface area (Å²) in [6, 6.07) is 0.818. The van der Waals surface area contributed by atoms with E-state index in [4.69, 9.17) is 13.6 Å². The second kappa shape index (κ2) is 8.64. The molecule has 0 aromatic heterocycles. The van der Waals surface area contributed by atoms with Crippen LogP contribution in [0.5, 0.6) is 0 Å². The molecule has 0 saturated heterocycles. The van der Waals surface area contributed by atoms with Gasteiger partial charge in [0.2, 0.25) is 0 Å². The van der Waals surface area contributed by atoms with E-state index in [2.05, 4.69) is 6.58 Å². The Morgan fingerprint density at radius 2 is 2.13 bits per heavy atom. The lowest BCUT2D eigenvalue weighted by atomic mass is 10.4. The predicted octanol–water partition coefficient (Wildman–Crippen LogP) is 1.67. The van der Waals surface area contributed by atoms with Crippen LogP contribution in [0.25, 0.3) is 0 Å². The highest BCUT2D eigenvalue weighted by Crippen LogP contribution is 2.02. The third kappa shape index (κ3) is 7.30. The first-order valence-corrected chi connectivity index (χ1v) is 6.49. The Bertz CT molecular complexity index is 206. The summed E-state index contributed by atoms with van der Waals surface area (Å²) < 4.78 is 15.5. The molecule has 0 spiro atoms. The minimum absolute atomic E-state index is 0.336. The molecule has 0 aromatic rings. The van der Waals surface area contributed by atoms with E-state index in [1.165, 1.54) is 0 Å². The quantitative estimate of drug-likeness (QED) is 0.276. The van der Waals surface area contributed by atoms with Gasteiger partial charge in [-0.1, -0.05) is 6.58 Å². The Hall–Kier alpha value is -0.653. The Balaban J connectivity index is 3.52. The Morgan fingerprint density at radius 1 is 1.47 bits per heavy atom. The highest BCUT2D eigenvalue weighted by molar-refractivity contribution is 6.44. The second-order valence-electron chi connectivity index (χ2n) is 3.03. The molecule has 0 saturated carbocycles. The first-order valence-electron chi connectivity index (χ1n) is 4.97. The summed E-state index contributed by atoms with van der Waals surface area (Å²) in [5.41, 5.74) is 0.428. The van der Waals surface area contributed by atoms with Gasteiger partial charge >= 0.3 is 15.3 Å². The monoisotopic (exact) mass is 231 g/mol. The maximum absolute atomic E-state index is 11.0. The third-order valence-corrected chi connectivity index (χ3v) is 3.47. The highest BCUT2D eigenvalue weighted by atomic mass is 28.3. The van der Waals surface area contributed by atoms with Crippen LogP contribution < -0.4 is 0 Å². The molecule has 0 N–H and O–H groups in total. The van der Waals surface area contributed by atoms with Crippen molar-refractivity contribution in [3.8, 4) is 0 Å². The Labute approximate surface area is 93.1 Å². The molecule has 0 aromatic carbocycles. The molecule has 15 heavy (non-hydrogen) atoms. The molecule has 0 aliphatic carbocycles. The molecule has 0 unspecified atom stereocenters. The Morgan fingerprint density at radius 3 is 2.60 bits per heavy atom. The molecular formula is C10H19O4Si. The predicted molar refractivity (Wildman–Crippen MR) is 59.6 cm³/mol. The van der Waals surface area contributed by atoms with Crippen LogP contribution in [0.3, 0.4) is 0 Å². The van der Waals surface area contributed by atoms with Crippen LogP contribution in [0.15, 0.2) is 12.2 Å². The maximum Gasteiger partial charge on any atom is 0.384 e. The lowest BCUT2D eigenvalue weighted by molar-refractivity contribution is -0.138. The fourth-order valence-corrected chi connectivity index (χ4v) is 2.12. The maximum atomic E-state index is 11.0. The lowest BCUT2D eigenvalue weighted by Gasteiger charge is -2.10. The van der Waals surface area contributed by atoms with Gasteiger partial charge in [0.1, 0.15) is 0 Å². The van der Waals surface area contributed by atoms with E-state index in [0.717, 1.165) is 12.5 Å². The standard InChI is InChI=1S/C10H19O4Si/c1-5-14-15(12-4)8-6-7-13-10(11)9(2)3/h2,5-8H2,1,3-4H3. The van der Waals surface area contributed by atoms with Crippen LogP contribution >= 0.6 is 0 Å². The van der Waals surface area contributed by atoms with Gasteiger partial charge in [-0.15, -0.1) is 0 Å². The van der Waals surface area contributed by atoms with Crippen molar-refractivity contribution in [1.82, 2.24) is 0 Å².